The van der Waals surface area contributed by atoms with Gasteiger partial charge < -0.3 is 9.16 Å². The molecule has 5 heteroatoms. The van der Waals surface area contributed by atoms with Crippen LogP contribution in [0.25, 0.3) is 0 Å². The second-order valence-corrected chi connectivity index (χ2v) is 5.58. The number of rotatable bonds is 6. The molecule has 0 aromatic heterocycles. The Labute approximate surface area is 109 Å². The van der Waals surface area contributed by atoms with Gasteiger partial charge in [-0.1, -0.05) is 30.3 Å². The van der Waals surface area contributed by atoms with Crippen LogP contribution < -0.4 is 0 Å². The van der Waals surface area contributed by atoms with Gasteiger partial charge in [-0.05, 0) is 6.04 Å². The van der Waals surface area contributed by atoms with Gasteiger partial charge >= 0.3 is 5.97 Å². The van der Waals surface area contributed by atoms with E-state index in [0.717, 1.165) is 11.6 Å². The zero-order valence-corrected chi connectivity index (χ0v) is 12.3. The third-order valence-electron chi connectivity index (χ3n) is 2.29. The Balaban J connectivity index is 2.81. The van der Waals surface area contributed by atoms with Gasteiger partial charge in [-0.15, -0.1) is 11.6 Å². The van der Waals surface area contributed by atoms with E-state index in [1.807, 2.05) is 30.3 Å². The quantitative estimate of drug-likeness (QED) is 0.262. The van der Waals surface area contributed by atoms with E-state index >= 15 is 0 Å². The third kappa shape index (κ3) is 4.50. The Kier molecular flexibility index (Phi) is 5.68. The minimum absolute atomic E-state index is 0.351. The summed E-state index contributed by atoms with van der Waals surface area (Å²) >= 11 is 5.63. The molecule has 0 bridgehead atoms. The van der Waals surface area contributed by atoms with E-state index in [2.05, 4.69) is 0 Å². The summed E-state index contributed by atoms with van der Waals surface area (Å²) in [5.41, 5.74) is 0.845. The average Bonchev–Trinajstić information content (AvgIpc) is 2.29. The number of esters is 1. The molecule has 0 amide bonds. The Morgan fingerprint density at radius 1 is 1.41 bits per heavy atom. The predicted octanol–water partition coefficient (Wildman–Crippen LogP) is 2.18. The topological polar surface area (TPSA) is 35.5 Å². The van der Waals surface area contributed by atoms with Crippen molar-refractivity contribution < 1.29 is 14.0 Å². The van der Waals surface area contributed by atoms with E-state index in [1.165, 1.54) is 6.92 Å². The number of hydrogen-bond acceptors (Lipinski definition) is 3. The van der Waals surface area contributed by atoms with Crippen molar-refractivity contribution in [2.75, 3.05) is 5.88 Å². The lowest BCUT2D eigenvalue weighted by molar-refractivity contribution is -0.194. The summed E-state index contributed by atoms with van der Waals surface area (Å²) < 4.78 is 11.1. The molecule has 3 nitrogen and oxygen atoms in total. The molecule has 0 saturated carbocycles. The summed E-state index contributed by atoms with van der Waals surface area (Å²) in [7, 11) is -0.789. The molecule has 1 atom stereocenters. The van der Waals surface area contributed by atoms with E-state index in [0.29, 0.717) is 5.88 Å². The summed E-state index contributed by atoms with van der Waals surface area (Å²) in [5, 5.41) is 0. The van der Waals surface area contributed by atoms with Crippen molar-refractivity contribution in [3.8, 4) is 0 Å². The molecule has 94 valence electrons. The van der Waals surface area contributed by atoms with Crippen molar-refractivity contribution in [2.45, 2.75) is 25.7 Å². The number of alkyl halides is 1. The maximum absolute atomic E-state index is 11.2. The van der Waals surface area contributed by atoms with Crippen molar-refractivity contribution in [1.82, 2.24) is 0 Å². The number of carbonyl (C=O) groups is 1. The fraction of sp³-hybridized carbons (Fsp3) is 0.417. The zero-order valence-electron chi connectivity index (χ0n) is 10.1. The van der Waals surface area contributed by atoms with Crippen LogP contribution in [0.4, 0.5) is 0 Å². The first-order chi connectivity index (χ1) is 8.08. The molecule has 0 aliphatic heterocycles. The highest BCUT2D eigenvalue weighted by atomic mass is 35.5. The van der Waals surface area contributed by atoms with E-state index in [1.54, 1.807) is 6.92 Å². The Hall–Kier alpha value is -0.843. The van der Waals surface area contributed by atoms with E-state index in [9.17, 15) is 4.79 Å². The van der Waals surface area contributed by atoms with Crippen LogP contribution in [0.5, 0.6) is 0 Å². The molecular formula is C12H17ClO3Si. The van der Waals surface area contributed by atoms with E-state index < -0.39 is 15.6 Å². The summed E-state index contributed by atoms with van der Waals surface area (Å²) in [6.07, 6.45) is 0. The molecular weight excluding hydrogens is 256 g/mol. The van der Waals surface area contributed by atoms with Gasteiger partial charge in [-0.3, -0.25) is 4.79 Å². The molecule has 1 unspecified atom stereocenters. The number of carbonyl (C=O) groups excluding carboxylic acids is 1. The minimum Gasteiger partial charge on any atom is -0.430 e. The maximum Gasteiger partial charge on any atom is 0.305 e. The van der Waals surface area contributed by atoms with Crippen molar-refractivity contribution in [1.29, 1.82) is 0 Å². The highest BCUT2D eigenvalue weighted by Crippen LogP contribution is 2.26. The van der Waals surface area contributed by atoms with Gasteiger partial charge in [0.2, 0.25) is 5.79 Å². The maximum atomic E-state index is 11.2. The lowest BCUT2D eigenvalue weighted by Gasteiger charge is -2.30. The first kappa shape index (κ1) is 14.2. The highest BCUT2D eigenvalue weighted by molar-refractivity contribution is 6.31. The Morgan fingerprint density at radius 2 is 2.06 bits per heavy atom. The normalized spacial score (nSPS) is 14.8. The van der Waals surface area contributed by atoms with Crippen LogP contribution in [-0.2, 0) is 19.7 Å². The number of ether oxygens (including phenoxy) is 1. The van der Waals surface area contributed by atoms with Gasteiger partial charge in [0.1, 0.15) is 0 Å². The van der Waals surface area contributed by atoms with Crippen LogP contribution in [-0.4, -0.2) is 21.6 Å². The molecule has 0 saturated heterocycles. The summed E-state index contributed by atoms with van der Waals surface area (Å²) in [4.78, 5) is 11.2. The molecule has 0 radical (unpaired) electrons. The first-order valence-corrected chi connectivity index (χ1v) is 7.64. The summed E-state index contributed by atoms with van der Waals surface area (Å²) in [5.74, 6) is -0.751. The van der Waals surface area contributed by atoms with Crippen molar-refractivity contribution in [3.63, 3.8) is 0 Å². The molecule has 0 fully saturated rings. The van der Waals surface area contributed by atoms with E-state index in [-0.39, 0.29) is 5.97 Å². The molecule has 0 N–H and O–H groups in total. The monoisotopic (exact) mass is 272 g/mol. The molecule has 0 spiro atoms. The van der Waals surface area contributed by atoms with Gasteiger partial charge in [-0.2, -0.15) is 0 Å². The Bertz CT molecular complexity index is 358. The zero-order chi connectivity index (χ0) is 12.7. The fourth-order valence-electron chi connectivity index (χ4n) is 1.51. The standard InChI is InChI=1S/C12H17ClO3Si/c1-10(14)15-12(2,16-17-9-8-13)11-6-4-3-5-7-11/h3-7H,8-9,17H2,1-2H3. The lowest BCUT2D eigenvalue weighted by atomic mass is 10.1. The second-order valence-electron chi connectivity index (χ2n) is 3.80. The molecule has 1 rings (SSSR count). The summed E-state index contributed by atoms with van der Waals surface area (Å²) in [6.45, 7) is 3.15. The largest absolute Gasteiger partial charge is 0.430 e. The van der Waals surface area contributed by atoms with Crippen molar-refractivity contribution in [3.05, 3.63) is 35.9 Å². The van der Waals surface area contributed by atoms with Crippen LogP contribution in [0, 0.1) is 0 Å². The number of benzene rings is 1. The number of halogens is 1. The van der Waals surface area contributed by atoms with Crippen molar-refractivity contribution >= 4 is 27.3 Å². The van der Waals surface area contributed by atoms with Crippen LogP contribution in [0.3, 0.4) is 0 Å². The molecule has 1 aromatic rings. The Morgan fingerprint density at radius 3 is 2.59 bits per heavy atom. The van der Waals surface area contributed by atoms with Crippen LogP contribution in [0.2, 0.25) is 6.04 Å². The SMILES string of the molecule is CC(=O)OC(C)(O[SiH2]CCCl)c1ccccc1. The summed E-state index contributed by atoms with van der Waals surface area (Å²) in [6, 6.07) is 10.3. The van der Waals surface area contributed by atoms with Gasteiger partial charge in [-0.25, -0.2) is 0 Å². The minimum atomic E-state index is -0.981. The molecule has 0 heterocycles. The van der Waals surface area contributed by atoms with Gasteiger partial charge in [0.15, 0.2) is 9.76 Å². The number of hydrogen-bond donors (Lipinski definition) is 0. The molecule has 0 aliphatic rings. The first-order valence-electron chi connectivity index (χ1n) is 5.53. The molecule has 17 heavy (non-hydrogen) atoms. The predicted molar refractivity (Wildman–Crippen MR) is 70.7 cm³/mol. The third-order valence-corrected chi connectivity index (χ3v) is 4.40. The van der Waals surface area contributed by atoms with Crippen LogP contribution in [0.15, 0.2) is 30.3 Å². The lowest BCUT2D eigenvalue weighted by Crippen LogP contribution is -2.33. The van der Waals surface area contributed by atoms with Gasteiger partial charge in [0.05, 0.1) is 0 Å². The second kappa shape index (κ2) is 6.79. The van der Waals surface area contributed by atoms with Gasteiger partial charge in [0.25, 0.3) is 0 Å². The van der Waals surface area contributed by atoms with Gasteiger partial charge in [0, 0.05) is 25.3 Å². The van der Waals surface area contributed by atoms with Crippen LogP contribution in [0.1, 0.15) is 19.4 Å². The average molecular weight is 273 g/mol. The van der Waals surface area contributed by atoms with Crippen LogP contribution >= 0.6 is 11.6 Å². The highest BCUT2D eigenvalue weighted by Gasteiger charge is 2.30. The fourth-order valence-corrected chi connectivity index (χ4v) is 2.70. The van der Waals surface area contributed by atoms with E-state index in [4.69, 9.17) is 20.8 Å². The molecule has 0 aliphatic carbocycles. The smallest absolute Gasteiger partial charge is 0.305 e. The molecule has 1 aromatic carbocycles. The van der Waals surface area contributed by atoms with Crippen molar-refractivity contribution in [2.24, 2.45) is 0 Å².